The number of carboxylic acids is 1. The van der Waals surface area contributed by atoms with E-state index in [1.165, 1.54) is 0 Å². The first kappa shape index (κ1) is 15.0. The molecule has 9 heteroatoms. The number of rotatable bonds is 5. The number of hydrogen-bond donors (Lipinski definition) is 2. The van der Waals surface area contributed by atoms with Crippen molar-refractivity contribution in [3.63, 3.8) is 0 Å². The number of aliphatic carboxylic acids is 1. The van der Waals surface area contributed by atoms with Crippen LogP contribution in [0.15, 0.2) is 6.20 Å². The topological polar surface area (TPSA) is 94.7 Å². The van der Waals surface area contributed by atoms with Crippen molar-refractivity contribution in [2.45, 2.75) is 19.3 Å². The van der Waals surface area contributed by atoms with Crippen LogP contribution in [-0.4, -0.2) is 29.5 Å². The van der Waals surface area contributed by atoms with Gasteiger partial charge in [0.25, 0.3) is 0 Å². The third-order valence-corrected chi connectivity index (χ3v) is 2.14. The molecular weight excluding hydrogens is 269 g/mol. The first-order chi connectivity index (χ1) is 8.78. The quantitative estimate of drug-likeness (QED) is 0.838. The number of ether oxygens (including phenoxy) is 2. The van der Waals surface area contributed by atoms with Crippen molar-refractivity contribution in [2.24, 2.45) is 5.73 Å². The van der Waals surface area contributed by atoms with Crippen LogP contribution >= 0.6 is 0 Å². The molecule has 6 nitrogen and oxygen atoms in total. The molecule has 0 atom stereocenters. The number of methoxy groups -OCH3 is 1. The van der Waals surface area contributed by atoms with Gasteiger partial charge in [-0.15, -0.1) is 13.2 Å². The van der Waals surface area contributed by atoms with Gasteiger partial charge in [-0.1, -0.05) is 0 Å². The van der Waals surface area contributed by atoms with E-state index in [0.717, 1.165) is 13.3 Å². The van der Waals surface area contributed by atoms with Crippen LogP contribution in [0.3, 0.4) is 0 Å². The average molecular weight is 280 g/mol. The van der Waals surface area contributed by atoms with E-state index < -0.39 is 24.5 Å². The number of halogens is 3. The van der Waals surface area contributed by atoms with E-state index in [9.17, 15) is 18.0 Å². The van der Waals surface area contributed by atoms with Gasteiger partial charge in [0.05, 0.1) is 25.4 Å². The molecule has 106 valence electrons. The van der Waals surface area contributed by atoms with Crippen molar-refractivity contribution in [1.82, 2.24) is 4.98 Å². The van der Waals surface area contributed by atoms with Crippen molar-refractivity contribution in [2.75, 3.05) is 7.11 Å². The van der Waals surface area contributed by atoms with Crippen LogP contribution < -0.4 is 15.2 Å². The van der Waals surface area contributed by atoms with Crippen molar-refractivity contribution in [1.29, 1.82) is 0 Å². The highest BCUT2D eigenvalue weighted by Crippen LogP contribution is 2.36. The summed E-state index contributed by atoms with van der Waals surface area (Å²) < 4.78 is 45.5. The van der Waals surface area contributed by atoms with Gasteiger partial charge in [0.1, 0.15) is 0 Å². The van der Waals surface area contributed by atoms with Gasteiger partial charge in [-0.05, 0) is 0 Å². The Labute approximate surface area is 105 Å². The summed E-state index contributed by atoms with van der Waals surface area (Å²) in [5, 5.41) is 8.73. The molecule has 1 aromatic rings. The molecule has 0 bridgehead atoms. The number of aromatic nitrogens is 1. The molecule has 0 aromatic carbocycles. The molecule has 0 spiro atoms. The Morgan fingerprint density at radius 3 is 2.58 bits per heavy atom. The average Bonchev–Trinajstić information content (AvgIpc) is 2.28. The van der Waals surface area contributed by atoms with Gasteiger partial charge < -0.3 is 20.3 Å². The standard InChI is InChI=1S/C10H11F3N2O4/c1-18-7-4-15-6(3-14)5(2-8(16)17)9(7)19-10(11,12)13/h4H,2-3,14H2,1H3,(H,16,17). The van der Waals surface area contributed by atoms with Crippen molar-refractivity contribution < 1.29 is 32.5 Å². The van der Waals surface area contributed by atoms with E-state index in [1.54, 1.807) is 0 Å². The van der Waals surface area contributed by atoms with Crippen LogP contribution in [0.5, 0.6) is 11.5 Å². The molecule has 0 unspecified atom stereocenters. The molecule has 0 aliphatic rings. The smallest absolute Gasteiger partial charge is 0.491 e. The Bertz CT molecular complexity index is 477. The van der Waals surface area contributed by atoms with Gasteiger partial charge >= 0.3 is 12.3 Å². The summed E-state index contributed by atoms with van der Waals surface area (Å²) in [6.45, 7) is -0.221. The molecule has 1 rings (SSSR count). The predicted molar refractivity (Wildman–Crippen MR) is 56.7 cm³/mol. The molecular formula is C10H11F3N2O4. The predicted octanol–water partition coefficient (Wildman–Crippen LogP) is 1.07. The number of alkyl halides is 3. The molecule has 0 aliphatic carbocycles. The molecule has 0 fully saturated rings. The molecule has 19 heavy (non-hydrogen) atoms. The van der Waals surface area contributed by atoms with Gasteiger partial charge in [-0.25, -0.2) is 0 Å². The summed E-state index contributed by atoms with van der Waals surface area (Å²) in [6.07, 6.45) is -4.69. The molecule has 0 saturated heterocycles. The zero-order valence-corrected chi connectivity index (χ0v) is 9.82. The largest absolute Gasteiger partial charge is 0.573 e. The van der Waals surface area contributed by atoms with Crippen molar-refractivity contribution in [3.05, 3.63) is 17.5 Å². The van der Waals surface area contributed by atoms with E-state index in [1.807, 2.05) is 0 Å². The lowest BCUT2D eigenvalue weighted by atomic mass is 10.1. The van der Waals surface area contributed by atoms with Crippen LogP contribution in [0.4, 0.5) is 13.2 Å². The summed E-state index contributed by atoms with van der Waals surface area (Å²) in [7, 11) is 1.12. The van der Waals surface area contributed by atoms with E-state index in [4.69, 9.17) is 15.6 Å². The van der Waals surface area contributed by atoms with Gasteiger partial charge in [-0.3, -0.25) is 9.78 Å². The Morgan fingerprint density at radius 1 is 1.53 bits per heavy atom. The molecule has 0 saturated carbocycles. The Kier molecular flexibility index (Phi) is 4.54. The van der Waals surface area contributed by atoms with Crippen LogP contribution in [0.25, 0.3) is 0 Å². The second-order valence-corrected chi connectivity index (χ2v) is 3.40. The molecule has 1 heterocycles. The van der Waals surface area contributed by atoms with E-state index in [2.05, 4.69) is 9.72 Å². The first-order valence-electron chi connectivity index (χ1n) is 5.00. The summed E-state index contributed by atoms with van der Waals surface area (Å²) in [5.74, 6) is -2.38. The SMILES string of the molecule is COc1cnc(CN)c(CC(=O)O)c1OC(F)(F)F. The molecule has 0 aliphatic heterocycles. The Morgan fingerprint density at radius 2 is 2.16 bits per heavy atom. The van der Waals surface area contributed by atoms with E-state index in [-0.39, 0.29) is 23.6 Å². The highest BCUT2D eigenvalue weighted by molar-refractivity contribution is 5.72. The zero-order chi connectivity index (χ0) is 14.6. The van der Waals surface area contributed by atoms with Crippen LogP contribution in [-0.2, 0) is 17.8 Å². The minimum Gasteiger partial charge on any atom is -0.491 e. The zero-order valence-electron chi connectivity index (χ0n) is 9.82. The molecule has 3 N–H and O–H groups in total. The fourth-order valence-electron chi connectivity index (χ4n) is 1.44. The lowest BCUT2D eigenvalue weighted by Crippen LogP contribution is -2.21. The second kappa shape index (κ2) is 5.74. The third-order valence-electron chi connectivity index (χ3n) is 2.14. The third kappa shape index (κ3) is 3.98. The second-order valence-electron chi connectivity index (χ2n) is 3.40. The lowest BCUT2D eigenvalue weighted by Gasteiger charge is -2.17. The minimum absolute atomic E-state index is 0.00227. The number of carbonyl (C=O) groups is 1. The molecule has 0 radical (unpaired) electrons. The molecule has 1 aromatic heterocycles. The number of pyridine rings is 1. The van der Waals surface area contributed by atoms with Crippen LogP contribution in [0, 0.1) is 0 Å². The maximum atomic E-state index is 12.3. The highest BCUT2D eigenvalue weighted by Gasteiger charge is 2.35. The van der Waals surface area contributed by atoms with Crippen LogP contribution in [0.2, 0.25) is 0 Å². The monoisotopic (exact) mass is 280 g/mol. The van der Waals surface area contributed by atoms with Crippen molar-refractivity contribution >= 4 is 5.97 Å². The van der Waals surface area contributed by atoms with E-state index >= 15 is 0 Å². The minimum atomic E-state index is -4.98. The summed E-state index contributed by atoms with van der Waals surface area (Å²) in [4.78, 5) is 14.5. The highest BCUT2D eigenvalue weighted by atomic mass is 19.4. The number of nitrogens with two attached hydrogens (primary N) is 1. The van der Waals surface area contributed by atoms with Gasteiger partial charge in [0.15, 0.2) is 11.5 Å². The fourth-order valence-corrected chi connectivity index (χ4v) is 1.44. The summed E-state index contributed by atoms with van der Waals surface area (Å²) in [5.41, 5.74) is 5.06. The number of hydrogen-bond acceptors (Lipinski definition) is 5. The normalized spacial score (nSPS) is 11.2. The van der Waals surface area contributed by atoms with Crippen LogP contribution in [0.1, 0.15) is 11.3 Å². The first-order valence-corrected chi connectivity index (χ1v) is 5.00. The lowest BCUT2D eigenvalue weighted by molar-refractivity contribution is -0.275. The molecule has 0 amide bonds. The maximum Gasteiger partial charge on any atom is 0.573 e. The Hall–Kier alpha value is -2.03. The van der Waals surface area contributed by atoms with Gasteiger partial charge in [0.2, 0.25) is 0 Å². The van der Waals surface area contributed by atoms with E-state index in [0.29, 0.717) is 0 Å². The van der Waals surface area contributed by atoms with Gasteiger partial charge in [-0.2, -0.15) is 0 Å². The van der Waals surface area contributed by atoms with Gasteiger partial charge in [0, 0.05) is 12.1 Å². The number of nitrogens with zero attached hydrogens (tertiary/aromatic N) is 1. The Balaban J connectivity index is 3.38. The fraction of sp³-hybridized carbons (Fsp3) is 0.400. The maximum absolute atomic E-state index is 12.3. The van der Waals surface area contributed by atoms with Crippen molar-refractivity contribution in [3.8, 4) is 11.5 Å². The summed E-state index contributed by atoms with van der Waals surface area (Å²) in [6, 6.07) is 0. The summed E-state index contributed by atoms with van der Waals surface area (Å²) >= 11 is 0. The number of carboxylic acid groups (broad SMARTS) is 1.